The summed E-state index contributed by atoms with van der Waals surface area (Å²) in [6.07, 6.45) is 0. The molecule has 0 aliphatic heterocycles. The summed E-state index contributed by atoms with van der Waals surface area (Å²) in [5.74, 6) is 0.276. The van der Waals surface area contributed by atoms with Gasteiger partial charge in [0.05, 0.1) is 11.8 Å². The number of benzene rings is 2. The van der Waals surface area contributed by atoms with E-state index in [1.165, 1.54) is 6.07 Å². The summed E-state index contributed by atoms with van der Waals surface area (Å²) >= 11 is 0. The van der Waals surface area contributed by atoms with Crippen LogP contribution < -0.4 is 10.1 Å². The number of hydrogen-bond acceptors (Lipinski definition) is 5. The molecule has 0 fully saturated rings. The summed E-state index contributed by atoms with van der Waals surface area (Å²) in [6.45, 7) is 2.18. The number of amides is 1. The van der Waals surface area contributed by atoms with Crippen LogP contribution in [0.4, 0.5) is 0 Å². The molecule has 0 spiro atoms. The van der Waals surface area contributed by atoms with Gasteiger partial charge >= 0.3 is 0 Å². The third kappa shape index (κ3) is 4.28. The molecule has 0 saturated heterocycles. The molecule has 0 aliphatic carbocycles. The molecule has 0 radical (unpaired) electrons. The van der Waals surface area contributed by atoms with E-state index in [1.807, 2.05) is 30.3 Å². The molecule has 3 aromatic rings. The molecule has 6 heteroatoms. The maximum atomic E-state index is 12.1. The highest BCUT2D eigenvalue weighted by Crippen LogP contribution is 2.19. The first-order valence-corrected chi connectivity index (χ1v) is 8.06. The molecule has 0 bridgehead atoms. The van der Waals surface area contributed by atoms with E-state index >= 15 is 0 Å². The molecule has 1 atom stereocenters. The van der Waals surface area contributed by atoms with Crippen LogP contribution in [0.2, 0.25) is 0 Å². The van der Waals surface area contributed by atoms with Gasteiger partial charge in [-0.25, -0.2) is 0 Å². The van der Waals surface area contributed by atoms with Gasteiger partial charge in [-0.2, -0.15) is 5.26 Å². The van der Waals surface area contributed by atoms with Crippen molar-refractivity contribution in [1.82, 2.24) is 10.5 Å². The lowest BCUT2D eigenvalue weighted by Gasteiger charge is -2.12. The van der Waals surface area contributed by atoms with E-state index in [0.29, 0.717) is 23.6 Å². The topological polar surface area (TPSA) is 88.2 Å². The Bertz CT molecular complexity index is 911. The highest BCUT2D eigenvalue weighted by Gasteiger charge is 2.18. The molecule has 1 heterocycles. The first-order chi connectivity index (χ1) is 12.7. The van der Waals surface area contributed by atoms with Gasteiger partial charge in [0.15, 0.2) is 0 Å². The minimum Gasteiger partial charge on any atom is -0.489 e. The SMILES string of the molecule is Cc1cc(C(=O)NC(C#N)c2ccc(OCc3ccccc3)cc2)on1. The Hall–Kier alpha value is -3.59. The zero-order chi connectivity index (χ0) is 18.4. The highest BCUT2D eigenvalue weighted by molar-refractivity contribution is 5.91. The van der Waals surface area contributed by atoms with Gasteiger partial charge in [-0.15, -0.1) is 0 Å². The summed E-state index contributed by atoms with van der Waals surface area (Å²) < 4.78 is 10.6. The van der Waals surface area contributed by atoms with Gasteiger partial charge in [0.25, 0.3) is 5.91 Å². The number of nitriles is 1. The Balaban J connectivity index is 1.62. The maximum absolute atomic E-state index is 12.1. The zero-order valence-electron chi connectivity index (χ0n) is 14.2. The average molecular weight is 347 g/mol. The second kappa shape index (κ2) is 7.99. The number of carbonyl (C=O) groups excluding carboxylic acids is 1. The molecule has 1 aromatic heterocycles. The van der Waals surface area contributed by atoms with E-state index in [-0.39, 0.29) is 5.76 Å². The van der Waals surface area contributed by atoms with Crippen LogP contribution in [0.15, 0.2) is 65.2 Å². The minimum atomic E-state index is -0.795. The second-order valence-corrected chi connectivity index (χ2v) is 5.71. The van der Waals surface area contributed by atoms with Crippen LogP contribution in [0.5, 0.6) is 5.75 Å². The van der Waals surface area contributed by atoms with E-state index in [9.17, 15) is 10.1 Å². The molecule has 26 heavy (non-hydrogen) atoms. The Morgan fingerprint density at radius 2 is 1.96 bits per heavy atom. The number of carbonyl (C=O) groups is 1. The Labute approximate surface area is 151 Å². The number of hydrogen-bond donors (Lipinski definition) is 1. The summed E-state index contributed by atoms with van der Waals surface area (Å²) in [5, 5.41) is 15.6. The first kappa shape index (κ1) is 17.2. The van der Waals surface area contributed by atoms with Crippen molar-refractivity contribution >= 4 is 5.91 Å². The van der Waals surface area contributed by atoms with Crippen molar-refractivity contribution < 1.29 is 14.1 Å². The smallest absolute Gasteiger partial charge is 0.291 e. The quantitative estimate of drug-likeness (QED) is 0.736. The Morgan fingerprint density at radius 1 is 1.23 bits per heavy atom. The first-order valence-electron chi connectivity index (χ1n) is 8.06. The van der Waals surface area contributed by atoms with Crippen molar-refractivity contribution in [3.05, 3.63) is 83.2 Å². The fourth-order valence-corrected chi connectivity index (χ4v) is 2.36. The van der Waals surface area contributed by atoms with Crippen molar-refractivity contribution in [2.24, 2.45) is 0 Å². The minimum absolute atomic E-state index is 0.0746. The molecule has 1 amide bonds. The number of nitrogens with one attached hydrogen (secondary N) is 1. The lowest BCUT2D eigenvalue weighted by Crippen LogP contribution is -2.27. The number of aryl methyl sites for hydroxylation is 1. The summed E-state index contributed by atoms with van der Waals surface area (Å²) in [7, 11) is 0. The van der Waals surface area contributed by atoms with Gasteiger partial charge in [-0.3, -0.25) is 4.79 Å². The molecule has 1 N–H and O–H groups in total. The van der Waals surface area contributed by atoms with E-state index < -0.39 is 11.9 Å². The zero-order valence-corrected chi connectivity index (χ0v) is 14.2. The van der Waals surface area contributed by atoms with Gasteiger partial charge in [0.2, 0.25) is 5.76 Å². The van der Waals surface area contributed by atoms with Crippen molar-refractivity contribution in [2.75, 3.05) is 0 Å². The molecule has 3 rings (SSSR count). The van der Waals surface area contributed by atoms with Gasteiger partial charge in [-0.05, 0) is 30.2 Å². The molecular formula is C20H17N3O3. The van der Waals surface area contributed by atoms with Crippen LogP contribution in [0.1, 0.15) is 33.4 Å². The van der Waals surface area contributed by atoms with Crippen molar-refractivity contribution in [2.45, 2.75) is 19.6 Å². The normalized spacial score (nSPS) is 11.4. The summed E-state index contributed by atoms with van der Waals surface area (Å²) in [5.41, 5.74) is 2.33. The third-order valence-corrected chi connectivity index (χ3v) is 3.72. The predicted octanol–water partition coefficient (Wildman–Crippen LogP) is 3.56. The Kier molecular flexibility index (Phi) is 5.30. The van der Waals surface area contributed by atoms with Gasteiger partial charge in [-0.1, -0.05) is 47.6 Å². The van der Waals surface area contributed by atoms with Crippen molar-refractivity contribution in [3.8, 4) is 11.8 Å². The highest BCUT2D eigenvalue weighted by atomic mass is 16.5. The van der Waals surface area contributed by atoms with Gasteiger partial charge in [0.1, 0.15) is 18.4 Å². The third-order valence-electron chi connectivity index (χ3n) is 3.72. The van der Waals surface area contributed by atoms with Crippen LogP contribution >= 0.6 is 0 Å². The van der Waals surface area contributed by atoms with Crippen LogP contribution in [0.3, 0.4) is 0 Å². The van der Waals surface area contributed by atoms with Gasteiger partial charge < -0.3 is 14.6 Å². The standard InChI is InChI=1S/C20H17N3O3/c1-14-11-19(26-23-14)20(24)22-18(12-21)16-7-9-17(10-8-16)25-13-15-5-3-2-4-6-15/h2-11,18H,13H2,1H3,(H,22,24). The average Bonchev–Trinajstić information content (AvgIpc) is 3.12. The summed E-state index contributed by atoms with van der Waals surface area (Å²) in [4.78, 5) is 12.1. The molecule has 0 saturated carbocycles. The van der Waals surface area contributed by atoms with Crippen LogP contribution in [0.25, 0.3) is 0 Å². The predicted molar refractivity (Wildman–Crippen MR) is 94.3 cm³/mol. The lowest BCUT2D eigenvalue weighted by molar-refractivity contribution is 0.0908. The maximum Gasteiger partial charge on any atom is 0.291 e. The molecule has 2 aromatic carbocycles. The van der Waals surface area contributed by atoms with Gasteiger partial charge in [0, 0.05) is 6.07 Å². The van der Waals surface area contributed by atoms with E-state index in [1.54, 1.807) is 31.2 Å². The fourth-order valence-electron chi connectivity index (χ4n) is 2.36. The number of aromatic nitrogens is 1. The molecule has 6 nitrogen and oxygen atoms in total. The second-order valence-electron chi connectivity index (χ2n) is 5.71. The largest absolute Gasteiger partial charge is 0.489 e. The Morgan fingerprint density at radius 3 is 2.58 bits per heavy atom. The number of ether oxygens (including phenoxy) is 1. The molecule has 0 aliphatic rings. The summed E-state index contributed by atoms with van der Waals surface area (Å²) in [6, 6.07) is 19.7. The molecule has 130 valence electrons. The fraction of sp³-hybridized carbons (Fsp3) is 0.150. The monoisotopic (exact) mass is 347 g/mol. The molecule has 1 unspecified atom stereocenters. The van der Waals surface area contributed by atoms with Crippen molar-refractivity contribution in [3.63, 3.8) is 0 Å². The number of rotatable bonds is 6. The number of nitrogens with zero attached hydrogens (tertiary/aromatic N) is 2. The van der Waals surface area contributed by atoms with Crippen LogP contribution in [-0.2, 0) is 6.61 Å². The van der Waals surface area contributed by atoms with E-state index in [4.69, 9.17) is 9.26 Å². The van der Waals surface area contributed by atoms with Crippen LogP contribution in [0, 0.1) is 18.3 Å². The molecular weight excluding hydrogens is 330 g/mol. The van der Waals surface area contributed by atoms with E-state index in [0.717, 1.165) is 5.56 Å². The van der Waals surface area contributed by atoms with E-state index in [2.05, 4.69) is 16.5 Å². The van der Waals surface area contributed by atoms with Crippen molar-refractivity contribution in [1.29, 1.82) is 5.26 Å². The lowest BCUT2D eigenvalue weighted by atomic mass is 10.1. The van der Waals surface area contributed by atoms with Crippen LogP contribution in [-0.4, -0.2) is 11.1 Å².